The SMILES string of the molecule is Cn1c(=O)n(C)c2cc(C(Br)C3CCCCC3)c(Br)cc21. The van der Waals surface area contributed by atoms with Crippen LogP contribution >= 0.6 is 31.9 Å². The van der Waals surface area contributed by atoms with E-state index in [4.69, 9.17) is 0 Å². The van der Waals surface area contributed by atoms with Crippen molar-refractivity contribution < 1.29 is 0 Å². The van der Waals surface area contributed by atoms with Gasteiger partial charge in [-0.1, -0.05) is 51.1 Å². The molecule has 0 amide bonds. The summed E-state index contributed by atoms with van der Waals surface area (Å²) in [5, 5.41) is 0. The van der Waals surface area contributed by atoms with E-state index in [1.54, 1.807) is 9.13 Å². The summed E-state index contributed by atoms with van der Waals surface area (Å²) in [6.07, 6.45) is 6.60. The van der Waals surface area contributed by atoms with Crippen LogP contribution in [-0.2, 0) is 14.1 Å². The number of aryl methyl sites for hydroxylation is 2. The van der Waals surface area contributed by atoms with Crippen LogP contribution in [0.5, 0.6) is 0 Å². The molecule has 1 aromatic heterocycles. The van der Waals surface area contributed by atoms with E-state index in [9.17, 15) is 4.79 Å². The van der Waals surface area contributed by atoms with E-state index in [0.29, 0.717) is 10.7 Å². The van der Waals surface area contributed by atoms with Crippen molar-refractivity contribution in [1.29, 1.82) is 0 Å². The van der Waals surface area contributed by atoms with E-state index in [-0.39, 0.29) is 5.69 Å². The number of halogens is 2. The van der Waals surface area contributed by atoms with Crippen LogP contribution in [-0.4, -0.2) is 9.13 Å². The Hall–Kier alpha value is -0.550. The number of hydrogen-bond acceptors (Lipinski definition) is 1. The number of hydrogen-bond donors (Lipinski definition) is 0. The fourth-order valence-corrected chi connectivity index (χ4v) is 5.22. The minimum Gasteiger partial charge on any atom is -0.295 e. The summed E-state index contributed by atoms with van der Waals surface area (Å²) in [5.41, 5.74) is 3.26. The molecule has 0 aliphatic heterocycles. The van der Waals surface area contributed by atoms with Crippen LogP contribution in [0.4, 0.5) is 0 Å². The van der Waals surface area contributed by atoms with Gasteiger partial charge in [0.15, 0.2) is 0 Å². The molecule has 3 rings (SSSR count). The van der Waals surface area contributed by atoms with Crippen LogP contribution in [0.1, 0.15) is 42.5 Å². The number of fused-ring (bicyclic) bond motifs is 1. The molecule has 0 radical (unpaired) electrons. The first kappa shape index (κ1) is 15.3. The average molecular weight is 416 g/mol. The van der Waals surface area contributed by atoms with Gasteiger partial charge in [-0.2, -0.15) is 0 Å². The van der Waals surface area contributed by atoms with Crippen molar-refractivity contribution >= 4 is 42.9 Å². The quantitative estimate of drug-likeness (QED) is 0.655. The van der Waals surface area contributed by atoms with Crippen molar-refractivity contribution in [3.8, 4) is 0 Å². The predicted molar refractivity (Wildman–Crippen MR) is 94.1 cm³/mol. The van der Waals surface area contributed by atoms with Gasteiger partial charge in [-0.3, -0.25) is 9.13 Å². The fourth-order valence-electron chi connectivity index (χ4n) is 3.43. The molecule has 3 nitrogen and oxygen atoms in total. The highest BCUT2D eigenvalue weighted by Crippen LogP contribution is 2.43. The highest BCUT2D eigenvalue weighted by molar-refractivity contribution is 9.11. The van der Waals surface area contributed by atoms with Gasteiger partial charge in [0.25, 0.3) is 0 Å². The molecule has 5 heteroatoms. The number of alkyl halides is 1. The lowest BCUT2D eigenvalue weighted by Crippen LogP contribution is -2.19. The molecular formula is C16H20Br2N2O. The van der Waals surface area contributed by atoms with Crippen LogP contribution in [0, 0.1) is 5.92 Å². The Bertz CT molecular complexity index is 726. The molecule has 1 saturated carbocycles. The summed E-state index contributed by atoms with van der Waals surface area (Å²) >= 11 is 7.61. The second-order valence-electron chi connectivity index (χ2n) is 6.06. The lowest BCUT2D eigenvalue weighted by Gasteiger charge is -2.27. The predicted octanol–water partition coefficient (Wildman–Crippen LogP) is 4.66. The zero-order valence-corrected chi connectivity index (χ0v) is 15.6. The monoisotopic (exact) mass is 414 g/mol. The molecule has 0 N–H and O–H groups in total. The Kier molecular flexibility index (Phi) is 4.33. The van der Waals surface area contributed by atoms with Crippen molar-refractivity contribution in [2.24, 2.45) is 20.0 Å². The Labute approximate surface area is 141 Å². The number of imidazole rings is 1. The third kappa shape index (κ3) is 2.63. The van der Waals surface area contributed by atoms with Gasteiger partial charge in [0.2, 0.25) is 0 Å². The number of benzene rings is 1. The Morgan fingerprint density at radius 2 is 1.67 bits per heavy atom. The Balaban J connectivity index is 2.08. The molecule has 1 unspecified atom stereocenters. The van der Waals surface area contributed by atoms with Crippen LogP contribution in [0.25, 0.3) is 11.0 Å². The number of nitrogens with zero attached hydrogens (tertiary/aromatic N) is 2. The summed E-state index contributed by atoms with van der Waals surface area (Å²) in [6.45, 7) is 0. The van der Waals surface area contributed by atoms with Crippen LogP contribution in [0.3, 0.4) is 0 Å². The lowest BCUT2D eigenvalue weighted by molar-refractivity contribution is 0.354. The molecule has 1 aliphatic carbocycles. The molecule has 21 heavy (non-hydrogen) atoms. The average Bonchev–Trinajstić information content (AvgIpc) is 2.71. The van der Waals surface area contributed by atoms with E-state index >= 15 is 0 Å². The maximum atomic E-state index is 12.1. The van der Waals surface area contributed by atoms with Gasteiger partial charge in [0, 0.05) is 23.4 Å². The lowest BCUT2D eigenvalue weighted by atomic mass is 9.84. The molecule has 1 aromatic carbocycles. The van der Waals surface area contributed by atoms with E-state index in [2.05, 4.69) is 44.0 Å². The van der Waals surface area contributed by atoms with Crippen molar-refractivity contribution in [3.05, 3.63) is 32.7 Å². The standard InChI is InChI=1S/C16H20Br2N2O/c1-19-13-8-11(15(18)10-6-4-3-5-7-10)12(17)9-14(13)20(2)16(19)21/h8-10,15H,3-7H2,1-2H3. The molecule has 114 valence electrons. The number of rotatable bonds is 2. The third-order valence-electron chi connectivity index (χ3n) is 4.75. The van der Waals surface area contributed by atoms with Gasteiger partial charge < -0.3 is 0 Å². The van der Waals surface area contributed by atoms with E-state index in [1.807, 2.05) is 14.1 Å². The van der Waals surface area contributed by atoms with Crippen molar-refractivity contribution in [2.75, 3.05) is 0 Å². The molecule has 0 saturated heterocycles. The molecular weight excluding hydrogens is 396 g/mol. The summed E-state index contributed by atoms with van der Waals surface area (Å²) < 4.78 is 4.52. The Morgan fingerprint density at radius 3 is 2.29 bits per heavy atom. The van der Waals surface area contributed by atoms with Crippen molar-refractivity contribution in [1.82, 2.24) is 9.13 Å². The van der Waals surface area contributed by atoms with Gasteiger partial charge in [-0.15, -0.1) is 0 Å². The van der Waals surface area contributed by atoms with E-state index in [0.717, 1.165) is 15.5 Å². The van der Waals surface area contributed by atoms with Crippen molar-refractivity contribution in [3.63, 3.8) is 0 Å². The molecule has 1 heterocycles. The molecule has 2 aromatic rings. The summed E-state index contributed by atoms with van der Waals surface area (Å²) in [6, 6.07) is 4.23. The first-order valence-corrected chi connectivity index (χ1v) is 9.20. The summed E-state index contributed by atoms with van der Waals surface area (Å²) in [7, 11) is 3.66. The molecule has 0 bridgehead atoms. The maximum Gasteiger partial charge on any atom is 0.328 e. The van der Waals surface area contributed by atoms with Gasteiger partial charge in [0.05, 0.1) is 11.0 Å². The minimum absolute atomic E-state index is 0.0258. The van der Waals surface area contributed by atoms with Crippen LogP contribution < -0.4 is 5.69 Å². The third-order valence-corrected chi connectivity index (χ3v) is 6.68. The first-order chi connectivity index (χ1) is 10.0. The highest BCUT2D eigenvalue weighted by atomic mass is 79.9. The highest BCUT2D eigenvalue weighted by Gasteiger charge is 2.25. The van der Waals surface area contributed by atoms with E-state index < -0.39 is 0 Å². The molecule has 0 spiro atoms. The maximum absolute atomic E-state index is 12.1. The summed E-state index contributed by atoms with van der Waals surface area (Å²) in [5.74, 6) is 0.688. The van der Waals surface area contributed by atoms with Gasteiger partial charge in [-0.25, -0.2) is 4.79 Å². The zero-order chi connectivity index (χ0) is 15.1. The van der Waals surface area contributed by atoms with Crippen LogP contribution in [0.2, 0.25) is 0 Å². The zero-order valence-electron chi connectivity index (χ0n) is 12.4. The van der Waals surface area contributed by atoms with Gasteiger partial charge >= 0.3 is 5.69 Å². The van der Waals surface area contributed by atoms with Crippen LogP contribution in [0.15, 0.2) is 21.4 Å². The summed E-state index contributed by atoms with van der Waals surface area (Å²) in [4.78, 5) is 12.4. The first-order valence-electron chi connectivity index (χ1n) is 7.49. The minimum atomic E-state index is 0.0258. The second-order valence-corrected chi connectivity index (χ2v) is 7.90. The number of aromatic nitrogens is 2. The van der Waals surface area contributed by atoms with Gasteiger partial charge in [-0.05, 0) is 36.5 Å². The molecule has 1 fully saturated rings. The van der Waals surface area contributed by atoms with Gasteiger partial charge in [0.1, 0.15) is 0 Å². The Morgan fingerprint density at radius 1 is 1.10 bits per heavy atom. The largest absolute Gasteiger partial charge is 0.328 e. The topological polar surface area (TPSA) is 26.9 Å². The molecule has 1 aliphatic rings. The smallest absolute Gasteiger partial charge is 0.295 e. The normalized spacial score (nSPS) is 18.3. The van der Waals surface area contributed by atoms with Crippen molar-refractivity contribution in [2.45, 2.75) is 36.9 Å². The molecule has 1 atom stereocenters. The fraction of sp³-hybridized carbons (Fsp3) is 0.562. The second kappa shape index (κ2) is 5.92. The van der Waals surface area contributed by atoms with E-state index in [1.165, 1.54) is 37.7 Å².